The molecule has 3 heterocycles. The van der Waals surface area contributed by atoms with E-state index >= 15 is 0 Å². The van der Waals surface area contributed by atoms with E-state index < -0.39 is 7.82 Å². The molecular weight excluding hydrogens is 529 g/mol. The third kappa shape index (κ3) is 5.58. The van der Waals surface area contributed by atoms with Crippen molar-refractivity contribution >= 4 is 31.4 Å². The number of phosphoric acid groups is 1. The number of hydrogen-bond donors (Lipinski definition) is 1. The highest BCUT2D eigenvalue weighted by atomic mass is 35.5. The van der Waals surface area contributed by atoms with Gasteiger partial charge in [0.1, 0.15) is 11.9 Å². The average molecular weight is 558 g/mol. The summed E-state index contributed by atoms with van der Waals surface area (Å²) in [5, 5.41) is 0.683. The molecule has 3 aromatic rings. The Labute approximate surface area is 226 Å². The quantitative estimate of drug-likeness (QED) is 0.266. The third-order valence-corrected chi connectivity index (χ3v) is 7.93. The minimum Gasteiger partial charge on any atom is -0.756 e. The number of halogens is 1. The van der Waals surface area contributed by atoms with Crippen LogP contribution < -0.4 is 14.2 Å². The van der Waals surface area contributed by atoms with Crippen LogP contribution in [0.15, 0.2) is 60.6 Å². The first-order chi connectivity index (χ1) is 18.1. The summed E-state index contributed by atoms with van der Waals surface area (Å²) in [4.78, 5) is 35.5. The van der Waals surface area contributed by atoms with Gasteiger partial charge in [0.2, 0.25) is 0 Å². The first-order valence-corrected chi connectivity index (χ1v) is 14.2. The van der Waals surface area contributed by atoms with Crippen molar-refractivity contribution in [2.75, 3.05) is 7.11 Å². The standard InChI is InChI=1S/C27H29ClN3O6P/c1-18-15-29(16-30(18)17-37-38(33,34)35)25-11-3-19(14-26(25)36-2)13-21-6-9-23-10-12-24(31(23)27(21)32)20-4-7-22(28)8-5-20/h3-5,7-8,11,13-16,23-24H,6,9-10,12,17H2,1-2H3,(H-,33,34,35)/t23-,24-/m0/s1. The summed E-state index contributed by atoms with van der Waals surface area (Å²) in [7, 11) is -3.27. The number of aryl methyl sites for hydroxylation is 1. The lowest BCUT2D eigenvalue weighted by Crippen LogP contribution is -2.41. The normalized spacial score (nSPS) is 22.0. The number of carbonyl (C=O) groups excluding carboxylic acids is 1. The van der Waals surface area contributed by atoms with E-state index in [1.165, 1.54) is 0 Å². The van der Waals surface area contributed by atoms with Gasteiger partial charge >= 0.3 is 0 Å². The monoisotopic (exact) mass is 557 g/mol. The molecule has 2 aromatic carbocycles. The number of imidazole rings is 1. The van der Waals surface area contributed by atoms with E-state index in [0.717, 1.165) is 53.8 Å². The van der Waals surface area contributed by atoms with Crippen LogP contribution in [0.5, 0.6) is 5.75 Å². The number of methoxy groups -OCH3 is 1. The Morgan fingerprint density at radius 2 is 1.97 bits per heavy atom. The minimum absolute atomic E-state index is 0.0550. The number of amides is 1. The molecular formula is C27H29ClN3O6P. The van der Waals surface area contributed by atoms with Crippen molar-refractivity contribution < 1.29 is 33.0 Å². The Hall–Kier alpha value is -2.94. The smallest absolute Gasteiger partial charge is 0.268 e. The molecule has 0 bridgehead atoms. The molecule has 5 rings (SSSR count). The summed E-state index contributed by atoms with van der Waals surface area (Å²) in [5.41, 5.74) is 4.18. The molecule has 2 aliphatic rings. The summed E-state index contributed by atoms with van der Waals surface area (Å²) in [6.07, 6.45) is 8.98. The fourth-order valence-electron chi connectivity index (χ4n) is 5.37. The highest BCUT2D eigenvalue weighted by Gasteiger charge is 2.41. The van der Waals surface area contributed by atoms with Crippen molar-refractivity contribution in [1.82, 2.24) is 9.47 Å². The second-order valence-corrected chi connectivity index (χ2v) is 11.3. The molecule has 1 unspecified atom stereocenters. The van der Waals surface area contributed by atoms with Gasteiger partial charge in [-0.05, 0) is 67.2 Å². The second kappa shape index (κ2) is 10.7. The van der Waals surface area contributed by atoms with Crippen molar-refractivity contribution in [3.05, 3.63) is 82.4 Å². The Morgan fingerprint density at radius 3 is 2.68 bits per heavy atom. The number of rotatable bonds is 7. The average Bonchev–Trinajstić information content (AvgIpc) is 3.48. The van der Waals surface area contributed by atoms with Crippen LogP contribution in [0, 0.1) is 6.92 Å². The van der Waals surface area contributed by atoms with Crippen LogP contribution >= 0.6 is 19.4 Å². The maximum Gasteiger partial charge on any atom is 0.268 e. The summed E-state index contributed by atoms with van der Waals surface area (Å²) < 4.78 is 24.4. The number of ether oxygens (including phenoxy) is 1. The number of fused-ring (bicyclic) bond motifs is 1. The number of aromatic nitrogens is 2. The van der Waals surface area contributed by atoms with Gasteiger partial charge in [0.05, 0.1) is 13.2 Å². The van der Waals surface area contributed by atoms with E-state index in [2.05, 4.69) is 4.52 Å². The van der Waals surface area contributed by atoms with Gasteiger partial charge in [-0.25, -0.2) is 4.57 Å². The molecule has 9 nitrogen and oxygen atoms in total. The van der Waals surface area contributed by atoms with Crippen molar-refractivity contribution in [2.24, 2.45) is 0 Å². The molecule has 0 aliphatic carbocycles. The van der Waals surface area contributed by atoms with Gasteiger partial charge in [-0.2, -0.15) is 4.57 Å². The lowest BCUT2D eigenvalue weighted by Gasteiger charge is -2.35. The molecule has 3 atom stereocenters. The first kappa shape index (κ1) is 26.7. The zero-order valence-electron chi connectivity index (χ0n) is 21.1. The molecule has 0 saturated carbocycles. The molecule has 0 radical (unpaired) electrons. The maximum atomic E-state index is 13.6. The van der Waals surface area contributed by atoms with E-state index in [9.17, 15) is 14.3 Å². The Balaban J connectivity index is 1.38. The molecule has 200 valence electrons. The molecule has 11 heteroatoms. The Morgan fingerprint density at radius 1 is 1.21 bits per heavy atom. The largest absolute Gasteiger partial charge is 0.756 e. The van der Waals surface area contributed by atoms with Gasteiger partial charge in [0.25, 0.3) is 20.1 Å². The number of benzene rings is 2. The highest BCUT2D eigenvalue weighted by molar-refractivity contribution is 7.44. The molecule has 38 heavy (non-hydrogen) atoms. The van der Waals surface area contributed by atoms with Crippen LogP contribution in [-0.2, 0) is 20.6 Å². The fourth-order valence-corrected chi connectivity index (χ4v) is 5.76. The van der Waals surface area contributed by atoms with Crippen molar-refractivity contribution in [1.29, 1.82) is 0 Å². The summed E-state index contributed by atoms with van der Waals surface area (Å²) in [6.45, 7) is 1.44. The molecule has 2 saturated heterocycles. The molecule has 1 amide bonds. The van der Waals surface area contributed by atoms with Gasteiger partial charge in [-0.3, -0.25) is 13.9 Å². The summed E-state index contributed by atoms with van der Waals surface area (Å²) in [6, 6.07) is 13.7. The van der Waals surface area contributed by atoms with Crippen LogP contribution in [0.4, 0.5) is 0 Å². The molecule has 1 N–H and O–H groups in total. The van der Waals surface area contributed by atoms with E-state index in [0.29, 0.717) is 10.8 Å². The van der Waals surface area contributed by atoms with Gasteiger partial charge in [-0.1, -0.05) is 29.8 Å². The second-order valence-electron chi connectivity index (χ2n) is 9.64. The van der Waals surface area contributed by atoms with Crippen LogP contribution in [0.3, 0.4) is 0 Å². The number of carbonyl (C=O) groups is 1. The molecule has 2 fully saturated rings. The van der Waals surface area contributed by atoms with Crippen LogP contribution in [0.25, 0.3) is 11.8 Å². The zero-order chi connectivity index (χ0) is 27.0. The van der Waals surface area contributed by atoms with Gasteiger partial charge in [-0.15, -0.1) is 0 Å². The maximum absolute atomic E-state index is 13.6. The topological polar surface area (TPSA) is 108 Å². The summed E-state index contributed by atoms with van der Waals surface area (Å²) >= 11 is 6.07. The number of piperidine rings is 1. The van der Waals surface area contributed by atoms with Crippen molar-refractivity contribution in [3.8, 4) is 11.4 Å². The SMILES string of the molecule is COc1cc(C=C2CC[C@H]3CC[C@@H](c4ccc(Cl)cc4)N3C2=O)ccc1-n1cc(C)[n+](COP(=O)([O-])O)c1. The van der Waals surface area contributed by atoms with Crippen LogP contribution in [-0.4, -0.2) is 33.4 Å². The van der Waals surface area contributed by atoms with E-state index in [1.807, 2.05) is 53.4 Å². The van der Waals surface area contributed by atoms with Gasteiger partial charge in [0, 0.05) is 23.6 Å². The van der Waals surface area contributed by atoms with Crippen molar-refractivity contribution in [2.45, 2.75) is 51.4 Å². The predicted octanol–water partition coefficient (Wildman–Crippen LogP) is 4.08. The van der Waals surface area contributed by atoms with Crippen molar-refractivity contribution in [3.63, 3.8) is 0 Å². The fraction of sp³-hybridized carbons (Fsp3) is 0.333. The lowest BCUT2D eigenvalue weighted by atomic mass is 9.95. The molecule has 1 aromatic heterocycles. The predicted molar refractivity (Wildman–Crippen MR) is 139 cm³/mol. The van der Waals surface area contributed by atoms with Gasteiger partial charge < -0.3 is 19.4 Å². The Bertz CT molecular complexity index is 1430. The minimum atomic E-state index is -4.84. The van der Waals surface area contributed by atoms with Crippen LogP contribution in [0.2, 0.25) is 5.02 Å². The van der Waals surface area contributed by atoms with E-state index in [4.69, 9.17) is 21.2 Å². The number of phosphoric ester groups is 1. The number of hydrogen-bond acceptors (Lipinski definition) is 5. The highest BCUT2D eigenvalue weighted by Crippen LogP contribution is 2.43. The van der Waals surface area contributed by atoms with E-state index in [-0.39, 0.29) is 24.7 Å². The van der Waals surface area contributed by atoms with Crippen LogP contribution in [0.1, 0.15) is 48.5 Å². The summed E-state index contributed by atoms with van der Waals surface area (Å²) in [5.74, 6) is 0.656. The third-order valence-electron chi connectivity index (χ3n) is 7.24. The van der Waals surface area contributed by atoms with E-state index in [1.54, 1.807) is 35.7 Å². The number of nitrogens with zero attached hydrogens (tertiary/aromatic N) is 3. The zero-order valence-corrected chi connectivity index (χ0v) is 22.8. The Kier molecular flexibility index (Phi) is 7.49. The molecule has 0 spiro atoms. The van der Waals surface area contributed by atoms with Gasteiger partial charge in [0.15, 0.2) is 18.2 Å². The first-order valence-electron chi connectivity index (χ1n) is 12.4. The lowest BCUT2D eigenvalue weighted by molar-refractivity contribution is -0.731. The molecule has 2 aliphatic heterocycles.